The highest BCUT2D eigenvalue weighted by molar-refractivity contribution is 6.00. The van der Waals surface area contributed by atoms with E-state index in [2.05, 4.69) is 10.2 Å². The first kappa shape index (κ1) is 23.3. The third-order valence-electron chi connectivity index (χ3n) is 7.24. The van der Waals surface area contributed by atoms with E-state index in [1.807, 2.05) is 24.5 Å². The third kappa shape index (κ3) is 3.56. The lowest BCUT2D eigenvalue weighted by atomic mass is 9.74. The second-order valence-corrected chi connectivity index (χ2v) is 9.64. The average molecular weight is 484 g/mol. The molecule has 0 atom stereocenters. The van der Waals surface area contributed by atoms with Gasteiger partial charge in [0.15, 0.2) is 23.0 Å². The molecular weight excluding hydrogens is 456 g/mol. The fourth-order valence-corrected chi connectivity index (χ4v) is 5.49. The topological polar surface area (TPSA) is 100 Å². The Morgan fingerprint density at radius 1 is 1.26 bits per heavy atom. The van der Waals surface area contributed by atoms with Crippen molar-refractivity contribution in [2.24, 2.45) is 0 Å². The number of aromatic nitrogens is 3. The molecule has 5 rings (SSSR count). The van der Waals surface area contributed by atoms with Gasteiger partial charge in [0.2, 0.25) is 0 Å². The van der Waals surface area contributed by atoms with Crippen molar-refractivity contribution in [1.29, 1.82) is 0 Å². The number of H-pyrrole nitrogens is 1. The quantitative estimate of drug-likeness (QED) is 0.353. The zero-order chi connectivity index (χ0) is 25.1. The molecule has 0 spiro atoms. The Bertz CT molecular complexity index is 1450. The monoisotopic (exact) mass is 483 g/mol. The van der Waals surface area contributed by atoms with Gasteiger partial charge in [-0.3, -0.25) is 5.10 Å². The van der Waals surface area contributed by atoms with Gasteiger partial charge >= 0.3 is 5.97 Å². The van der Waals surface area contributed by atoms with E-state index in [-0.39, 0.29) is 30.4 Å². The lowest BCUT2D eigenvalue weighted by Crippen LogP contribution is -2.41. The van der Waals surface area contributed by atoms with E-state index < -0.39 is 23.2 Å². The number of hydrogen-bond donors (Lipinski definition) is 3. The van der Waals surface area contributed by atoms with Gasteiger partial charge in [0.05, 0.1) is 18.8 Å². The van der Waals surface area contributed by atoms with Crippen molar-refractivity contribution in [1.82, 2.24) is 14.8 Å². The Morgan fingerprint density at radius 2 is 1.97 bits per heavy atom. The van der Waals surface area contributed by atoms with E-state index in [0.29, 0.717) is 40.3 Å². The summed E-state index contributed by atoms with van der Waals surface area (Å²) in [6.07, 6.45) is 2.51. The summed E-state index contributed by atoms with van der Waals surface area (Å²) >= 11 is 0. The van der Waals surface area contributed by atoms with Crippen molar-refractivity contribution < 1.29 is 28.5 Å². The predicted molar refractivity (Wildman–Crippen MR) is 127 cm³/mol. The number of nitrogens with one attached hydrogen (secondary N) is 1. The molecule has 0 amide bonds. The number of rotatable bonds is 5. The number of carboxylic acid groups (broad SMARTS) is 1. The Labute approximate surface area is 200 Å². The van der Waals surface area contributed by atoms with E-state index in [1.165, 1.54) is 13.2 Å². The molecule has 2 aromatic carbocycles. The first-order valence-corrected chi connectivity index (χ1v) is 11.7. The van der Waals surface area contributed by atoms with Crippen LogP contribution in [-0.2, 0) is 4.79 Å². The highest BCUT2D eigenvalue weighted by Crippen LogP contribution is 2.47. The summed E-state index contributed by atoms with van der Waals surface area (Å²) in [5, 5.41) is 27.7. The van der Waals surface area contributed by atoms with Gasteiger partial charge < -0.3 is 19.5 Å². The summed E-state index contributed by atoms with van der Waals surface area (Å²) in [4.78, 5) is 11.6. The van der Waals surface area contributed by atoms with Gasteiger partial charge in [0, 0.05) is 28.2 Å². The Hall–Kier alpha value is -3.46. The van der Waals surface area contributed by atoms with Crippen molar-refractivity contribution in [3.63, 3.8) is 0 Å². The largest absolute Gasteiger partial charge is 0.494 e. The molecular formula is C26H27F2N3O4. The molecule has 0 radical (unpaired) electrons. The minimum atomic E-state index is -1.77. The van der Waals surface area contributed by atoms with Crippen LogP contribution in [0.2, 0.25) is 0 Å². The number of ether oxygens (including phenoxy) is 1. The molecule has 2 heterocycles. The first-order valence-electron chi connectivity index (χ1n) is 11.7. The molecule has 9 heteroatoms. The number of hydrogen-bond acceptors (Lipinski definition) is 4. The maximum atomic E-state index is 16.1. The van der Waals surface area contributed by atoms with E-state index in [1.54, 1.807) is 18.3 Å². The molecule has 0 bridgehead atoms. The standard InChI is InChI=1S/C26H27F2N3O4/c1-13(2)24-20(14-6-8-26(34,9-7-14)25(32)33)21-18(10-15-12-29-30-23(15)22(21)28)31(24)16-4-5-17(27)19(11-16)35-3/h4-5,10-14,34H,6-9H2,1-3H3,(H,29,30)(H,32,33). The molecule has 1 aliphatic carbocycles. The predicted octanol–water partition coefficient (Wildman–Crippen LogP) is 5.39. The molecule has 1 fully saturated rings. The fraction of sp³-hybridized carbons (Fsp3) is 0.385. The van der Waals surface area contributed by atoms with Gasteiger partial charge in [0.25, 0.3) is 0 Å². The SMILES string of the molecule is COc1cc(-n2c(C(C)C)c(C3CCC(O)(C(=O)O)CC3)c3c(F)c4[nH]ncc4cc32)ccc1F. The van der Waals surface area contributed by atoms with Crippen LogP contribution < -0.4 is 4.74 Å². The summed E-state index contributed by atoms with van der Waals surface area (Å²) in [7, 11) is 1.39. The van der Waals surface area contributed by atoms with Crippen LogP contribution >= 0.6 is 0 Å². The highest BCUT2D eigenvalue weighted by Gasteiger charge is 2.42. The van der Waals surface area contributed by atoms with Gasteiger partial charge in [-0.2, -0.15) is 5.10 Å². The molecule has 7 nitrogen and oxygen atoms in total. The van der Waals surface area contributed by atoms with Crippen molar-refractivity contribution >= 4 is 27.8 Å². The summed E-state index contributed by atoms with van der Waals surface area (Å²) < 4.78 is 37.5. The summed E-state index contributed by atoms with van der Waals surface area (Å²) in [5.41, 5.74) is 1.41. The van der Waals surface area contributed by atoms with Crippen LogP contribution in [-0.4, -0.2) is 43.7 Å². The maximum absolute atomic E-state index is 16.1. The third-order valence-corrected chi connectivity index (χ3v) is 7.24. The van der Waals surface area contributed by atoms with Gasteiger partial charge in [-0.15, -0.1) is 0 Å². The van der Waals surface area contributed by atoms with Crippen molar-refractivity contribution in [2.45, 2.75) is 57.0 Å². The van der Waals surface area contributed by atoms with Gasteiger partial charge in [-0.05, 0) is 61.3 Å². The van der Waals surface area contributed by atoms with Gasteiger partial charge in [-0.1, -0.05) is 13.8 Å². The number of halogens is 2. The van der Waals surface area contributed by atoms with E-state index in [0.717, 1.165) is 11.3 Å². The highest BCUT2D eigenvalue weighted by atomic mass is 19.1. The molecule has 1 aliphatic rings. The fourth-order valence-electron chi connectivity index (χ4n) is 5.49. The number of methoxy groups -OCH3 is 1. The molecule has 0 saturated heterocycles. The first-order chi connectivity index (χ1) is 16.7. The normalized spacial score (nSPS) is 20.7. The molecule has 0 unspecified atom stereocenters. The van der Waals surface area contributed by atoms with Crippen LogP contribution in [0, 0.1) is 11.6 Å². The van der Waals surface area contributed by atoms with Crippen molar-refractivity contribution in [2.75, 3.05) is 7.11 Å². The number of carboxylic acids is 1. The molecule has 4 aromatic rings. The number of aliphatic carboxylic acids is 1. The van der Waals surface area contributed by atoms with Crippen LogP contribution in [0.1, 0.15) is 62.6 Å². The molecule has 1 saturated carbocycles. The average Bonchev–Trinajstić information content (AvgIpc) is 3.43. The minimum Gasteiger partial charge on any atom is -0.494 e. The zero-order valence-corrected chi connectivity index (χ0v) is 19.7. The van der Waals surface area contributed by atoms with Crippen molar-refractivity contribution in [3.8, 4) is 11.4 Å². The summed E-state index contributed by atoms with van der Waals surface area (Å²) in [6.45, 7) is 4.02. The number of carbonyl (C=O) groups is 1. The van der Waals surface area contributed by atoms with Crippen LogP contribution in [0.25, 0.3) is 27.5 Å². The van der Waals surface area contributed by atoms with Crippen LogP contribution in [0.5, 0.6) is 5.75 Å². The summed E-state index contributed by atoms with van der Waals surface area (Å²) in [5.74, 6) is -2.28. The Balaban J connectivity index is 1.81. The van der Waals surface area contributed by atoms with Crippen molar-refractivity contribution in [3.05, 3.63) is 53.4 Å². The summed E-state index contributed by atoms with van der Waals surface area (Å²) in [6, 6.07) is 6.41. The lowest BCUT2D eigenvalue weighted by molar-refractivity contribution is -0.162. The molecule has 3 N–H and O–H groups in total. The molecule has 2 aromatic heterocycles. The molecule has 35 heavy (non-hydrogen) atoms. The second kappa shape index (κ2) is 8.34. The minimum absolute atomic E-state index is 0.0374. The number of benzene rings is 2. The number of aromatic amines is 1. The van der Waals surface area contributed by atoms with Gasteiger partial charge in [-0.25, -0.2) is 13.6 Å². The van der Waals surface area contributed by atoms with Crippen LogP contribution in [0.3, 0.4) is 0 Å². The number of fused-ring (bicyclic) bond motifs is 2. The van der Waals surface area contributed by atoms with Gasteiger partial charge in [0.1, 0.15) is 5.52 Å². The maximum Gasteiger partial charge on any atom is 0.335 e. The van der Waals surface area contributed by atoms with Crippen LogP contribution in [0.4, 0.5) is 8.78 Å². The Kier molecular flexibility index (Phi) is 5.55. The second-order valence-electron chi connectivity index (χ2n) is 9.64. The smallest absolute Gasteiger partial charge is 0.335 e. The number of aliphatic hydroxyl groups is 1. The van der Waals surface area contributed by atoms with E-state index in [9.17, 15) is 19.4 Å². The van der Waals surface area contributed by atoms with E-state index >= 15 is 4.39 Å². The Morgan fingerprint density at radius 3 is 2.60 bits per heavy atom. The molecule has 0 aliphatic heterocycles. The van der Waals surface area contributed by atoms with E-state index in [4.69, 9.17) is 4.74 Å². The lowest BCUT2D eigenvalue weighted by Gasteiger charge is -2.33. The van der Waals surface area contributed by atoms with Crippen LogP contribution in [0.15, 0.2) is 30.5 Å². The zero-order valence-electron chi connectivity index (χ0n) is 19.7. The number of nitrogens with zero attached hydrogens (tertiary/aromatic N) is 2. The molecule has 184 valence electrons.